The van der Waals surface area contributed by atoms with Crippen molar-refractivity contribution in [2.45, 2.75) is 39.3 Å². The summed E-state index contributed by atoms with van der Waals surface area (Å²) >= 11 is 0. The van der Waals surface area contributed by atoms with Crippen LogP contribution < -0.4 is 0 Å². The Morgan fingerprint density at radius 2 is 2.20 bits per heavy atom. The number of fused-ring (bicyclic) bond motifs is 1. The quantitative estimate of drug-likeness (QED) is 0.698. The fourth-order valence-corrected chi connectivity index (χ4v) is 3.13. The van der Waals surface area contributed by atoms with Crippen molar-refractivity contribution in [2.75, 3.05) is 13.7 Å². The van der Waals surface area contributed by atoms with E-state index in [1.54, 1.807) is 0 Å². The molecule has 1 saturated heterocycles. The zero-order chi connectivity index (χ0) is 11.0. The summed E-state index contributed by atoms with van der Waals surface area (Å²) in [7, 11) is 1.88. The van der Waals surface area contributed by atoms with Gasteiger partial charge >= 0.3 is 0 Å². The lowest BCUT2D eigenvalue weighted by atomic mass is 9.76. The summed E-state index contributed by atoms with van der Waals surface area (Å²) in [6.07, 6.45) is 3.43. The average Bonchev–Trinajstić information content (AvgIpc) is 2.44. The van der Waals surface area contributed by atoms with E-state index in [9.17, 15) is 4.79 Å². The Hall–Kier alpha value is -0.570. The molecule has 0 spiro atoms. The lowest BCUT2D eigenvalue weighted by molar-refractivity contribution is -0.136. The van der Waals surface area contributed by atoms with Crippen molar-refractivity contribution in [3.05, 3.63) is 0 Å². The van der Waals surface area contributed by atoms with Crippen molar-refractivity contribution in [1.82, 2.24) is 4.90 Å². The predicted molar refractivity (Wildman–Crippen MR) is 58.2 cm³/mol. The molecule has 1 aliphatic heterocycles. The summed E-state index contributed by atoms with van der Waals surface area (Å²) in [5.74, 6) is 1.72. The van der Waals surface area contributed by atoms with Gasteiger partial charge in [0.1, 0.15) is 6.23 Å². The summed E-state index contributed by atoms with van der Waals surface area (Å²) in [5.41, 5.74) is 0. The van der Waals surface area contributed by atoms with Gasteiger partial charge in [0.25, 0.3) is 0 Å². The third-order valence-corrected chi connectivity index (χ3v) is 3.91. The zero-order valence-corrected chi connectivity index (χ0v) is 9.90. The number of carbonyl (C=O) groups excluding carboxylic acids is 1. The molecule has 0 N–H and O–H groups in total. The minimum absolute atomic E-state index is 0.0373. The molecule has 1 saturated carbocycles. The average molecular weight is 211 g/mol. The monoisotopic (exact) mass is 211 g/mol. The van der Waals surface area contributed by atoms with Crippen LogP contribution >= 0.6 is 0 Å². The third kappa shape index (κ3) is 1.78. The van der Waals surface area contributed by atoms with Gasteiger partial charge in [-0.3, -0.25) is 4.79 Å². The summed E-state index contributed by atoms with van der Waals surface area (Å²) in [6.45, 7) is 4.97. The standard InChI is InChI=1S/C12H21NO2/c1-4-15-12-10-7-8(2)5-6-9(10)11(14)13(12)3/h8-10,12H,4-7H2,1-3H3/t8-,9-,10+,12-/m1/s1. The molecule has 0 radical (unpaired) electrons. The first-order valence-electron chi connectivity index (χ1n) is 6.03. The number of carbonyl (C=O) groups is 1. The molecule has 86 valence electrons. The van der Waals surface area contributed by atoms with Crippen molar-refractivity contribution in [2.24, 2.45) is 17.8 Å². The van der Waals surface area contributed by atoms with Crippen molar-refractivity contribution < 1.29 is 9.53 Å². The van der Waals surface area contributed by atoms with E-state index in [0.717, 1.165) is 18.8 Å². The second-order valence-corrected chi connectivity index (χ2v) is 4.98. The molecule has 2 aliphatic rings. The Kier molecular flexibility index (Phi) is 3.01. The van der Waals surface area contributed by atoms with Crippen LogP contribution in [-0.2, 0) is 9.53 Å². The van der Waals surface area contributed by atoms with Gasteiger partial charge in [-0.25, -0.2) is 0 Å². The fourth-order valence-electron chi connectivity index (χ4n) is 3.13. The van der Waals surface area contributed by atoms with Gasteiger partial charge in [-0.15, -0.1) is 0 Å². The van der Waals surface area contributed by atoms with Gasteiger partial charge in [-0.1, -0.05) is 6.92 Å². The number of rotatable bonds is 2. The van der Waals surface area contributed by atoms with E-state index in [2.05, 4.69) is 6.92 Å². The lowest BCUT2D eigenvalue weighted by Crippen LogP contribution is -2.34. The summed E-state index contributed by atoms with van der Waals surface area (Å²) in [6, 6.07) is 0. The van der Waals surface area contributed by atoms with Gasteiger partial charge in [-0.05, 0) is 32.1 Å². The molecule has 0 aromatic heterocycles. The number of nitrogens with zero attached hydrogens (tertiary/aromatic N) is 1. The van der Waals surface area contributed by atoms with E-state index in [1.165, 1.54) is 6.42 Å². The SMILES string of the molecule is CCO[C@@H]1[C@H]2C[C@H](C)CC[C@H]2C(=O)N1C. The Morgan fingerprint density at radius 3 is 2.87 bits per heavy atom. The molecule has 0 aromatic rings. The van der Waals surface area contributed by atoms with Crippen LogP contribution in [0.4, 0.5) is 0 Å². The molecule has 1 amide bonds. The molecule has 3 nitrogen and oxygen atoms in total. The number of amides is 1. The third-order valence-electron chi connectivity index (χ3n) is 3.91. The van der Waals surface area contributed by atoms with Crippen LogP contribution in [0.15, 0.2) is 0 Å². The van der Waals surface area contributed by atoms with Crippen LogP contribution in [0, 0.1) is 17.8 Å². The van der Waals surface area contributed by atoms with Crippen molar-refractivity contribution in [1.29, 1.82) is 0 Å². The van der Waals surface area contributed by atoms with Gasteiger partial charge in [0.05, 0.1) is 0 Å². The Balaban J connectivity index is 2.14. The molecule has 0 unspecified atom stereocenters. The van der Waals surface area contributed by atoms with Crippen LogP contribution in [0.3, 0.4) is 0 Å². The highest BCUT2D eigenvalue weighted by Crippen LogP contribution is 2.43. The molecule has 15 heavy (non-hydrogen) atoms. The van der Waals surface area contributed by atoms with Crippen LogP contribution in [0.1, 0.15) is 33.1 Å². The van der Waals surface area contributed by atoms with E-state index in [4.69, 9.17) is 4.74 Å². The molecule has 0 bridgehead atoms. The van der Waals surface area contributed by atoms with E-state index < -0.39 is 0 Å². The minimum atomic E-state index is 0.0373. The maximum absolute atomic E-state index is 12.0. The topological polar surface area (TPSA) is 29.5 Å². The smallest absolute Gasteiger partial charge is 0.227 e. The maximum atomic E-state index is 12.0. The molecular formula is C12H21NO2. The number of ether oxygens (including phenoxy) is 1. The first-order valence-corrected chi connectivity index (χ1v) is 6.03. The van der Waals surface area contributed by atoms with E-state index >= 15 is 0 Å². The molecule has 3 heteroatoms. The number of hydrogen-bond acceptors (Lipinski definition) is 2. The number of likely N-dealkylation sites (tertiary alicyclic amines) is 1. The van der Waals surface area contributed by atoms with E-state index in [-0.39, 0.29) is 12.1 Å². The van der Waals surface area contributed by atoms with Gasteiger partial charge in [-0.2, -0.15) is 0 Å². The minimum Gasteiger partial charge on any atom is -0.358 e. The Morgan fingerprint density at radius 1 is 1.47 bits per heavy atom. The first-order chi connectivity index (χ1) is 7.15. The second-order valence-electron chi connectivity index (χ2n) is 4.98. The Labute approximate surface area is 91.8 Å². The highest BCUT2D eigenvalue weighted by Gasteiger charge is 2.48. The Bertz CT molecular complexity index is 254. The second kappa shape index (κ2) is 4.12. The molecule has 2 rings (SSSR count). The van der Waals surface area contributed by atoms with E-state index in [1.807, 2.05) is 18.9 Å². The van der Waals surface area contributed by atoms with Gasteiger partial charge < -0.3 is 9.64 Å². The number of hydrogen-bond donors (Lipinski definition) is 0. The van der Waals surface area contributed by atoms with Crippen molar-refractivity contribution in [3.63, 3.8) is 0 Å². The van der Waals surface area contributed by atoms with Gasteiger partial charge in [0.2, 0.25) is 5.91 Å². The first kappa shape index (κ1) is 10.9. The normalized spacial score (nSPS) is 40.7. The van der Waals surface area contributed by atoms with Crippen molar-refractivity contribution >= 4 is 5.91 Å². The van der Waals surface area contributed by atoms with E-state index in [0.29, 0.717) is 18.4 Å². The van der Waals surface area contributed by atoms with Crippen LogP contribution in [-0.4, -0.2) is 30.7 Å². The molecular weight excluding hydrogens is 190 g/mol. The fraction of sp³-hybridized carbons (Fsp3) is 0.917. The van der Waals surface area contributed by atoms with Crippen LogP contribution in [0.5, 0.6) is 0 Å². The van der Waals surface area contributed by atoms with Gasteiger partial charge in [0.15, 0.2) is 0 Å². The zero-order valence-electron chi connectivity index (χ0n) is 9.90. The molecule has 2 fully saturated rings. The predicted octanol–water partition coefficient (Wildman–Crippen LogP) is 1.87. The largest absolute Gasteiger partial charge is 0.358 e. The highest BCUT2D eigenvalue weighted by molar-refractivity contribution is 5.81. The molecule has 4 atom stereocenters. The lowest BCUT2D eigenvalue weighted by Gasteiger charge is -2.31. The van der Waals surface area contributed by atoms with Crippen molar-refractivity contribution in [3.8, 4) is 0 Å². The van der Waals surface area contributed by atoms with Crippen LogP contribution in [0.25, 0.3) is 0 Å². The molecule has 0 aromatic carbocycles. The molecule has 1 heterocycles. The summed E-state index contributed by atoms with van der Waals surface area (Å²) in [4.78, 5) is 13.8. The highest BCUT2D eigenvalue weighted by atomic mass is 16.5. The summed E-state index contributed by atoms with van der Waals surface area (Å²) < 4.78 is 5.71. The van der Waals surface area contributed by atoms with Crippen LogP contribution in [0.2, 0.25) is 0 Å². The summed E-state index contributed by atoms with van der Waals surface area (Å²) in [5, 5.41) is 0. The molecule has 1 aliphatic carbocycles. The maximum Gasteiger partial charge on any atom is 0.227 e. The van der Waals surface area contributed by atoms with Gasteiger partial charge in [0, 0.05) is 25.5 Å².